The molecule has 0 radical (unpaired) electrons. The van der Waals surface area contributed by atoms with Crippen molar-refractivity contribution >= 4 is 11.9 Å². The Morgan fingerprint density at radius 3 is 1.43 bits per heavy atom. The molecule has 0 bridgehead atoms. The van der Waals surface area contributed by atoms with Crippen LogP contribution in [0.3, 0.4) is 0 Å². The minimum atomic E-state index is -0.168. The molecular formula is C26H34O4. The van der Waals surface area contributed by atoms with Crippen molar-refractivity contribution in [2.75, 3.05) is 0 Å². The summed E-state index contributed by atoms with van der Waals surface area (Å²) in [5.41, 5.74) is 2.33. The van der Waals surface area contributed by atoms with Gasteiger partial charge < -0.3 is 9.47 Å². The van der Waals surface area contributed by atoms with Gasteiger partial charge in [0.15, 0.2) is 0 Å². The highest BCUT2D eigenvalue weighted by atomic mass is 16.5. The molecule has 0 aromatic heterocycles. The van der Waals surface area contributed by atoms with Gasteiger partial charge in [0.1, 0.15) is 11.5 Å². The average Bonchev–Trinajstić information content (AvgIpc) is 2.75. The lowest BCUT2D eigenvalue weighted by molar-refractivity contribution is -0.135. The Kier molecular flexibility index (Phi) is 10.7. The Morgan fingerprint density at radius 2 is 1.03 bits per heavy atom. The lowest BCUT2D eigenvalue weighted by Crippen LogP contribution is -2.08. The van der Waals surface area contributed by atoms with Crippen LogP contribution in [0.5, 0.6) is 11.5 Å². The van der Waals surface area contributed by atoms with Crippen LogP contribution in [0.2, 0.25) is 0 Å². The zero-order valence-corrected chi connectivity index (χ0v) is 18.3. The molecule has 0 saturated heterocycles. The number of carbonyl (C=O) groups is 2. The van der Waals surface area contributed by atoms with Crippen LogP contribution < -0.4 is 9.47 Å². The Balaban J connectivity index is 1.49. The molecule has 0 atom stereocenters. The lowest BCUT2D eigenvalue weighted by atomic mass is 10.1. The fraction of sp³-hybridized carbons (Fsp3) is 0.462. The van der Waals surface area contributed by atoms with Gasteiger partial charge in [0.2, 0.25) is 0 Å². The van der Waals surface area contributed by atoms with Crippen LogP contribution in [0.15, 0.2) is 48.5 Å². The molecule has 2 aromatic carbocycles. The maximum Gasteiger partial charge on any atom is 0.311 e. The van der Waals surface area contributed by atoms with E-state index in [9.17, 15) is 9.59 Å². The molecule has 0 fully saturated rings. The molecule has 4 nitrogen and oxygen atoms in total. The van der Waals surface area contributed by atoms with E-state index in [0.29, 0.717) is 24.3 Å². The Labute approximate surface area is 180 Å². The molecule has 2 aromatic rings. The third-order valence-electron chi connectivity index (χ3n) is 5.09. The van der Waals surface area contributed by atoms with Crippen LogP contribution >= 0.6 is 0 Å². The number of rotatable bonds is 13. The number of hydrogen-bond donors (Lipinski definition) is 0. The molecule has 162 valence electrons. The molecule has 4 heteroatoms. The molecular weight excluding hydrogens is 376 g/mol. The zero-order valence-electron chi connectivity index (χ0n) is 18.3. The van der Waals surface area contributed by atoms with Crippen molar-refractivity contribution in [3.05, 3.63) is 59.7 Å². The van der Waals surface area contributed by atoms with Gasteiger partial charge in [0.25, 0.3) is 0 Å². The van der Waals surface area contributed by atoms with Crippen LogP contribution in [0.1, 0.15) is 76.3 Å². The van der Waals surface area contributed by atoms with Gasteiger partial charge in [-0.1, -0.05) is 63.8 Å². The van der Waals surface area contributed by atoms with Crippen molar-refractivity contribution in [3.63, 3.8) is 0 Å². The summed E-state index contributed by atoms with van der Waals surface area (Å²) in [7, 11) is 0. The SMILES string of the molecule is CCc1cccc(OC(=O)CCCCCCCCC(=O)Oc2cccc(CC)c2)c1. The summed E-state index contributed by atoms with van der Waals surface area (Å²) in [4.78, 5) is 23.9. The third kappa shape index (κ3) is 9.25. The van der Waals surface area contributed by atoms with Gasteiger partial charge in [0.05, 0.1) is 0 Å². The Bertz CT molecular complexity index is 730. The van der Waals surface area contributed by atoms with Gasteiger partial charge in [-0.05, 0) is 61.1 Å². The van der Waals surface area contributed by atoms with Gasteiger partial charge in [-0.25, -0.2) is 0 Å². The van der Waals surface area contributed by atoms with E-state index >= 15 is 0 Å². The van der Waals surface area contributed by atoms with E-state index in [1.165, 1.54) is 11.1 Å². The topological polar surface area (TPSA) is 52.6 Å². The second-order valence-electron chi connectivity index (χ2n) is 7.57. The molecule has 0 unspecified atom stereocenters. The predicted molar refractivity (Wildman–Crippen MR) is 120 cm³/mol. The second kappa shape index (κ2) is 13.6. The van der Waals surface area contributed by atoms with Crippen molar-refractivity contribution < 1.29 is 19.1 Å². The molecule has 0 spiro atoms. The first-order chi connectivity index (χ1) is 14.6. The minimum Gasteiger partial charge on any atom is -0.427 e. The number of benzene rings is 2. The first-order valence-corrected chi connectivity index (χ1v) is 11.2. The molecule has 0 N–H and O–H groups in total. The van der Waals surface area contributed by atoms with Crippen LogP contribution in [0.4, 0.5) is 0 Å². The van der Waals surface area contributed by atoms with Crippen LogP contribution in [-0.2, 0) is 22.4 Å². The third-order valence-corrected chi connectivity index (χ3v) is 5.09. The van der Waals surface area contributed by atoms with Crippen molar-refractivity contribution in [1.29, 1.82) is 0 Å². The van der Waals surface area contributed by atoms with E-state index in [-0.39, 0.29) is 11.9 Å². The van der Waals surface area contributed by atoms with E-state index in [4.69, 9.17) is 9.47 Å². The van der Waals surface area contributed by atoms with Gasteiger partial charge in [-0.2, -0.15) is 0 Å². The fourth-order valence-electron chi connectivity index (χ4n) is 3.27. The van der Waals surface area contributed by atoms with E-state index < -0.39 is 0 Å². The summed E-state index contributed by atoms with van der Waals surface area (Å²) in [6.45, 7) is 4.16. The predicted octanol–water partition coefficient (Wildman–Crippen LogP) is 6.44. The minimum absolute atomic E-state index is 0.168. The summed E-state index contributed by atoms with van der Waals surface area (Å²) >= 11 is 0. The second-order valence-corrected chi connectivity index (χ2v) is 7.57. The highest BCUT2D eigenvalue weighted by molar-refractivity contribution is 5.72. The number of carbonyl (C=O) groups excluding carboxylic acids is 2. The van der Waals surface area contributed by atoms with Gasteiger partial charge in [0, 0.05) is 12.8 Å². The smallest absolute Gasteiger partial charge is 0.311 e. The van der Waals surface area contributed by atoms with Crippen molar-refractivity contribution in [2.45, 2.75) is 78.1 Å². The highest BCUT2D eigenvalue weighted by Crippen LogP contribution is 2.17. The summed E-state index contributed by atoms with van der Waals surface area (Å²) in [6, 6.07) is 15.4. The van der Waals surface area contributed by atoms with E-state index in [1.807, 2.05) is 48.5 Å². The Hall–Kier alpha value is -2.62. The van der Waals surface area contributed by atoms with Crippen molar-refractivity contribution in [2.24, 2.45) is 0 Å². The lowest BCUT2D eigenvalue weighted by Gasteiger charge is -2.06. The molecule has 0 aliphatic heterocycles. The number of ether oxygens (including phenoxy) is 2. The van der Waals surface area contributed by atoms with Crippen LogP contribution in [0, 0.1) is 0 Å². The standard InChI is InChI=1S/C26H34O4/c1-3-21-13-11-15-23(19-21)29-25(27)17-9-7-5-6-8-10-18-26(28)30-24-16-12-14-22(4-2)20-24/h11-16,19-20H,3-10,17-18H2,1-2H3. The van der Waals surface area contributed by atoms with E-state index in [0.717, 1.165) is 51.4 Å². The summed E-state index contributed by atoms with van der Waals surface area (Å²) in [6.07, 6.45) is 8.53. The van der Waals surface area contributed by atoms with Crippen LogP contribution in [-0.4, -0.2) is 11.9 Å². The summed E-state index contributed by atoms with van der Waals surface area (Å²) < 4.78 is 10.8. The average molecular weight is 411 g/mol. The molecule has 0 aliphatic carbocycles. The molecule has 0 heterocycles. The molecule has 0 amide bonds. The van der Waals surface area contributed by atoms with Crippen LogP contribution in [0.25, 0.3) is 0 Å². The van der Waals surface area contributed by atoms with Gasteiger partial charge >= 0.3 is 11.9 Å². The van der Waals surface area contributed by atoms with Crippen molar-refractivity contribution in [3.8, 4) is 11.5 Å². The summed E-state index contributed by atoms with van der Waals surface area (Å²) in [5.74, 6) is 0.927. The monoisotopic (exact) mass is 410 g/mol. The normalized spacial score (nSPS) is 10.6. The van der Waals surface area contributed by atoms with Gasteiger partial charge in [-0.15, -0.1) is 0 Å². The maximum atomic E-state index is 11.9. The molecule has 0 saturated carbocycles. The number of hydrogen-bond acceptors (Lipinski definition) is 4. The molecule has 2 rings (SSSR count). The molecule has 0 aliphatic rings. The first kappa shape index (κ1) is 23.7. The van der Waals surface area contributed by atoms with Gasteiger partial charge in [-0.3, -0.25) is 9.59 Å². The van der Waals surface area contributed by atoms with Crippen molar-refractivity contribution in [1.82, 2.24) is 0 Å². The van der Waals surface area contributed by atoms with E-state index in [1.54, 1.807) is 0 Å². The zero-order chi connectivity index (χ0) is 21.6. The number of unbranched alkanes of at least 4 members (excludes halogenated alkanes) is 5. The van der Waals surface area contributed by atoms with E-state index in [2.05, 4.69) is 13.8 Å². The highest BCUT2D eigenvalue weighted by Gasteiger charge is 2.07. The Morgan fingerprint density at radius 1 is 0.633 bits per heavy atom. The largest absolute Gasteiger partial charge is 0.427 e. The number of esters is 2. The first-order valence-electron chi connectivity index (χ1n) is 11.2. The summed E-state index contributed by atoms with van der Waals surface area (Å²) in [5, 5.41) is 0. The number of aryl methyl sites for hydroxylation is 2. The fourth-order valence-corrected chi connectivity index (χ4v) is 3.27. The maximum absolute atomic E-state index is 11.9. The quantitative estimate of drug-likeness (QED) is 0.216. The molecule has 30 heavy (non-hydrogen) atoms.